The topological polar surface area (TPSA) is 55.4 Å². The van der Waals surface area contributed by atoms with Gasteiger partial charge in [0.25, 0.3) is 5.91 Å². The molecule has 0 saturated carbocycles. The van der Waals surface area contributed by atoms with Gasteiger partial charge in [0.05, 0.1) is 0 Å². The number of esters is 1. The van der Waals surface area contributed by atoms with Crippen LogP contribution in [0.2, 0.25) is 0 Å². The van der Waals surface area contributed by atoms with E-state index in [2.05, 4.69) is 5.32 Å². The summed E-state index contributed by atoms with van der Waals surface area (Å²) in [5.41, 5.74) is 1.74. The molecule has 0 aliphatic carbocycles. The summed E-state index contributed by atoms with van der Waals surface area (Å²) in [4.78, 5) is 24.2. The molecule has 104 valence electrons. The molecule has 0 saturated heterocycles. The highest BCUT2D eigenvalue weighted by Gasteiger charge is 2.19. The van der Waals surface area contributed by atoms with Crippen LogP contribution in [-0.2, 0) is 9.53 Å². The zero-order valence-electron chi connectivity index (χ0n) is 11.3. The minimum absolute atomic E-state index is 0.347. The second-order valence-corrected chi connectivity index (χ2v) is 5.33. The Balaban J connectivity index is 1.94. The Morgan fingerprint density at radius 3 is 2.70 bits per heavy atom. The molecule has 1 heterocycles. The van der Waals surface area contributed by atoms with E-state index in [-0.39, 0.29) is 5.91 Å². The highest BCUT2D eigenvalue weighted by molar-refractivity contribution is 7.11. The number of rotatable bonds is 4. The maximum Gasteiger partial charge on any atom is 0.349 e. The maximum atomic E-state index is 11.9. The van der Waals surface area contributed by atoms with Crippen LogP contribution in [0, 0.1) is 6.92 Å². The number of aryl methyl sites for hydroxylation is 1. The third-order valence-electron chi connectivity index (χ3n) is 2.66. The molecule has 0 spiro atoms. The van der Waals surface area contributed by atoms with Gasteiger partial charge in [-0.05, 0) is 43.0 Å². The molecule has 2 aromatic rings. The van der Waals surface area contributed by atoms with Crippen molar-refractivity contribution in [2.24, 2.45) is 0 Å². The van der Waals surface area contributed by atoms with Crippen LogP contribution in [0.15, 0.2) is 41.8 Å². The average Bonchev–Trinajstić information content (AvgIpc) is 2.92. The summed E-state index contributed by atoms with van der Waals surface area (Å²) < 4.78 is 5.12. The number of benzene rings is 1. The van der Waals surface area contributed by atoms with Crippen LogP contribution >= 0.6 is 11.3 Å². The number of ether oxygens (including phenoxy) is 1. The van der Waals surface area contributed by atoms with Gasteiger partial charge in [-0.25, -0.2) is 4.79 Å². The van der Waals surface area contributed by atoms with Gasteiger partial charge in [0.2, 0.25) is 0 Å². The molecule has 0 radical (unpaired) electrons. The minimum atomic E-state index is -0.842. The van der Waals surface area contributed by atoms with Gasteiger partial charge in [-0.2, -0.15) is 0 Å². The van der Waals surface area contributed by atoms with E-state index in [1.165, 1.54) is 11.3 Å². The molecule has 0 fully saturated rings. The van der Waals surface area contributed by atoms with Gasteiger partial charge in [0.1, 0.15) is 4.88 Å². The fraction of sp³-hybridized carbons (Fsp3) is 0.200. The molecule has 1 unspecified atom stereocenters. The Hall–Kier alpha value is -2.14. The second kappa shape index (κ2) is 6.34. The SMILES string of the molecule is Cc1cccc(NC(=O)C(C)OC(=O)c2cccs2)c1. The van der Waals surface area contributed by atoms with E-state index in [1.807, 2.05) is 25.1 Å². The third-order valence-corrected chi connectivity index (χ3v) is 3.51. The normalized spacial score (nSPS) is 11.7. The molecule has 1 aromatic heterocycles. The number of carbonyl (C=O) groups is 2. The molecule has 0 aliphatic rings. The van der Waals surface area contributed by atoms with Crippen LogP contribution in [0.3, 0.4) is 0 Å². The smallest absolute Gasteiger partial charge is 0.349 e. The molecule has 0 bridgehead atoms. The lowest BCUT2D eigenvalue weighted by atomic mass is 10.2. The number of hydrogen-bond donors (Lipinski definition) is 1. The molecule has 0 aliphatic heterocycles. The monoisotopic (exact) mass is 289 g/mol. The fourth-order valence-electron chi connectivity index (χ4n) is 1.63. The number of hydrogen-bond acceptors (Lipinski definition) is 4. The summed E-state index contributed by atoms with van der Waals surface area (Å²) in [5, 5.41) is 4.51. The molecule has 4 nitrogen and oxygen atoms in total. The number of amides is 1. The molecule has 1 N–H and O–H groups in total. The number of nitrogens with one attached hydrogen (secondary N) is 1. The van der Waals surface area contributed by atoms with Crippen molar-refractivity contribution in [3.8, 4) is 0 Å². The van der Waals surface area contributed by atoms with Gasteiger partial charge >= 0.3 is 5.97 Å². The van der Waals surface area contributed by atoms with Crippen LogP contribution in [0.25, 0.3) is 0 Å². The van der Waals surface area contributed by atoms with Crippen molar-refractivity contribution in [1.82, 2.24) is 0 Å². The molecular weight excluding hydrogens is 274 g/mol. The molecule has 2 rings (SSSR count). The predicted molar refractivity (Wildman–Crippen MR) is 79.0 cm³/mol. The Morgan fingerprint density at radius 2 is 2.05 bits per heavy atom. The average molecular weight is 289 g/mol. The Labute approximate surface area is 121 Å². The molecule has 1 aromatic carbocycles. The van der Waals surface area contributed by atoms with Crippen molar-refractivity contribution in [2.75, 3.05) is 5.32 Å². The van der Waals surface area contributed by atoms with Crippen LogP contribution in [0.4, 0.5) is 5.69 Å². The quantitative estimate of drug-likeness (QED) is 0.879. The number of anilines is 1. The van der Waals surface area contributed by atoms with E-state index in [9.17, 15) is 9.59 Å². The van der Waals surface area contributed by atoms with Crippen LogP contribution in [-0.4, -0.2) is 18.0 Å². The van der Waals surface area contributed by atoms with Crippen LogP contribution in [0.1, 0.15) is 22.2 Å². The Bertz CT molecular complexity index is 607. The van der Waals surface area contributed by atoms with Crippen molar-refractivity contribution in [2.45, 2.75) is 20.0 Å². The van der Waals surface area contributed by atoms with Gasteiger partial charge in [-0.1, -0.05) is 18.2 Å². The molecule has 1 amide bonds. The fourth-order valence-corrected chi connectivity index (χ4v) is 2.24. The zero-order valence-corrected chi connectivity index (χ0v) is 12.1. The first-order chi connectivity index (χ1) is 9.56. The lowest BCUT2D eigenvalue weighted by molar-refractivity contribution is -0.123. The molecule has 5 heteroatoms. The van der Waals surface area contributed by atoms with Gasteiger partial charge in [0, 0.05) is 5.69 Å². The van der Waals surface area contributed by atoms with E-state index >= 15 is 0 Å². The number of thiophene rings is 1. The lowest BCUT2D eigenvalue weighted by Crippen LogP contribution is -2.29. The highest BCUT2D eigenvalue weighted by atomic mass is 32.1. The van der Waals surface area contributed by atoms with Crippen LogP contribution in [0.5, 0.6) is 0 Å². The van der Waals surface area contributed by atoms with Crippen molar-refractivity contribution in [3.63, 3.8) is 0 Å². The summed E-state index contributed by atoms with van der Waals surface area (Å²) in [5.74, 6) is -0.826. The largest absolute Gasteiger partial charge is 0.448 e. The summed E-state index contributed by atoms with van der Waals surface area (Å²) in [7, 11) is 0. The first-order valence-corrected chi connectivity index (χ1v) is 7.06. The first kappa shape index (κ1) is 14.3. The van der Waals surface area contributed by atoms with E-state index in [0.29, 0.717) is 10.6 Å². The van der Waals surface area contributed by atoms with Gasteiger partial charge in [-0.3, -0.25) is 4.79 Å². The lowest BCUT2D eigenvalue weighted by Gasteiger charge is -2.13. The second-order valence-electron chi connectivity index (χ2n) is 4.38. The Kier molecular flexibility index (Phi) is 4.53. The van der Waals surface area contributed by atoms with Gasteiger partial charge in [-0.15, -0.1) is 11.3 Å². The van der Waals surface area contributed by atoms with Gasteiger partial charge in [0.15, 0.2) is 6.10 Å². The molecular formula is C15H15NO3S. The third kappa shape index (κ3) is 3.68. The van der Waals surface area contributed by atoms with E-state index < -0.39 is 12.1 Å². The van der Waals surface area contributed by atoms with E-state index in [4.69, 9.17) is 4.74 Å². The van der Waals surface area contributed by atoms with E-state index in [0.717, 1.165) is 5.56 Å². The minimum Gasteiger partial charge on any atom is -0.448 e. The standard InChI is InChI=1S/C15H15NO3S/c1-10-5-3-6-12(9-10)16-14(17)11(2)19-15(18)13-7-4-8-20-13/h3-9,11H,1-2H3,(H,16,17). The van der Waals surface area contributed by atoms with E-state index in [1.54, 1.807) is 30.5 Å². The van der Waals surface area contributed by atoms with Crippen LogP contribution < -0.4 is 5.32 Å². The predicted octanol–water partition coefficient (Wildman–Crippen LogP) is 3.24. The van der Waals surface area contributed by atoms with Crippen molar-refractivity contribution in [1.29, 1.82) is 0 Å². The van der Waals surface area contributed by atoms with Gasteiger partial charge < -0.3 is 10.1 Å². The Morgan fingerprint density at radius 1 is 1.25 bits per heavy atom. The van der Waals surface area contributed by atoms with Crippen molar-refractivity contribution >= 4 is 28.9 Å². The summed E-state index contributed by atoms with van der Waals surface area (Å²) in [6, 6.07) is 10.9. The van der Waals surface area contributed by atoms with Crippen molar-refractivity contribution in [3.05, 3.63) is 52.2 Å². The summed E-state index contributed by atoms with van der Waals surface area (Å²) in [6.07, 6.45) is -0.842. The highest BCUT2D eigenvalue weighted by Crippen LogP contribution is 2.13. The van der Waals surface area contributed by atoms with Crippen molar-refractivity contribution < 1.29 is 14.3 Å². The maximum absolute atomic E-state index is 11.9. The summed E-state index contributed by atoms with van der Waals surface area (Å²) >= 11 is 1.28. The summed E-state index contributed by atoms with van der Waals surface area (Å²) in [6.45, 7) is 3.49. The zero-order chi connectivity index (χ0) is 14.5. The first-order valence-electron chi connectivity index (χ1n) is 6.18. The number of carbonyl (C=O) groups excluding carboxylic acids is 2. The molecule has 20 heavy (non-hydrogen) atoms. The molecule has 1 atom stereocenters.